The third-order valence-corrected chi connectivity index (χ3v) is 12.2. The van der Waals surface area contributed by atoms with Gasteiger partial charge < -0.3 is 44.6 Å². The van der Waals surface area contributed by atoms with Gasteiger partial charge in [0, 0.05) is 31.9 Å². The molecule has 0 bridgehead atoms. The number of amides is 4. The summed E-state index contributed by atoms with van der Waals surface area (Å²) in [7, 11) is 2.58. The van der Waals surface area contributed by atoms with Crippen molar-refractivity contribution in [3.63, 3.8) is 0 Å². The molecule has 0 saturated carbocycles. The summed E-state index contributed by atoms with van der Waals surface area (Å²) in [6.45, 7) is 6.39. The van der Waals surface area contributed by atoms with E-state index in [-0.39, 0.29) is 42.3 Å². The molecule has 0 radical (unpaired) electrons. The second-order valence-corrected chi connectivity index (χ2v) is 16.4. The molecule has 3 aliphatic heterocycles. The van der Waals surface area contributed by atoms with Crippen LogP contribution in [0.3, 0.4) is 0 Å². The first-order chi connectivity index (χ1) is 29.1. The van der Waals surface area contributed by atoms with Crippen molar-refractivity contribution < 1.29 is 33.4 Å². The number of benzene rings is 3. The molecule has 15 heteroatoms. The van der Waals surface area contributed by atoms with Crippen LogP contribution in [0.1, 0.15) is 63.3 Å². The number of hydrogen-bond acceptors (Lipinski definition) is 9. The first-order valence-corrected chi connectivity index (χ1v) is 20.7. The molecule has 2 aromatic heterocycles. The molecule has 60 heavy (non-hydrogen) atoms. The van der Waals surface area contributed by atoms with Crippen molar-refractivity contribution in [1.82, 2.24) is 40.4 Å². The lowest BCUT2D eigenvalue weighted by molar-refractivity contribution is -0.137. The summed E-state index contributed by atoms with van der Waals surface area (Å²) in [6.07, 6.45) is 5.31. The fourth-order valence-corrected chi connectivity index (χ4v) is 8.99. The van der Waals surface area contributed by atoms with Crippen LogP contribution >= 0.6 is 0 Å². The van der Waals surface area contributed by atoms with E-state index in [1.54, 1.807) is 11.1 Å². The number of fused-ring (bicyclic) bond motifs is 1. The molecule has 4 N–H and O–H groups in total. The first kappa shape index (κ1) is 40.6. The Kier molecular flexibility index (Phi) is 11.9. The maximum Gasteiger partial charge on any atom is 0.407 e. The summed E-state index contributed by atoms with van der Waals surface area (Å²) in [5.41, 5.74) is 5.87. The second kappa shape index (κ2) is 17.6. The van der Waals surface area contributed by atoms with Crippen LogP contribution in [0.15, 0.2) is 73.1 Å². The number of nitrogens with one attached hydrogen (secondary N) is 4. The Morgan fingerprint density at radius 1 is 0.733 bits per heavy atom. The molecule has 15 nitrogen and oxygen atoms in total. The highest BCUT2D eigenvalue weighted by Crippen LogP contribution is 2.38. The quantitative estimate of drug-likeness (QED) is 0.120. The number of H-pyrrole nitrogens is 2. The van der Waals surface area contributed by atoms with Crippen LogP contribution in [0.4, 0.5) is 9.59 Å². The zero-order valence-electron chi connectivity index (χ0n) is 34.4. The average Bonchev–Trinajstić information content (AvgIpc) is 4.11. The summed E-state index contributed by atoms with van der Waals surface area (Å²) in [4.78, 5) is 71.0. The van der Waals surface area contributed by atoms with Crippen molar-refractivity contribution >= 4 is 34.8 Å². The van der Waals surface area contributed by atoms with E-state index in [1.807, 2.05) is 11.1 Å². The van der Waals surface area contributed by atoms with Crippen LogP contribution in [0.5, 0.6) is 0 Å². The number of aromatic amines is 2. The van der Waals surface area contributed by atoms with Crippen molar-refractivity contribution in [3.05, 3.63) is 84.7 Å². The standard InChI is InChI=1S/C45H52N8O7/c1-26-17-37(52(24-26)39(54)23-48-44(56)58-3)41-46-21-35(49-41)29-7-5-28(6-8-29)31-9-10-33-20-34(12-11-32(33)19-31)36-22-47-42(50-36)38-18-27(2)25-53(38)43(55)40(51-45(57)59-4)30-13-15-60-16-14-30/h5-12,19-22,26-27,30,37-38,40H,13-18,23-25H2,1-4H3,(H,46,49)(H,47,50)(H,48,56)(H,51,57)/t26-,27-,37-,38-,40-/m0/s1. The molecule has 5 aromatic rings. The number of likely N-dealkylation sites (tertiary alicyclic amines) is 2. The van der Waals surface area contributed by atoms with E-state index >= 15 is 0 Å². The van der Waals surface area contributed by atoms with E-state index in [0.29, 0.717) is 45.1 Å². The maximum atomic E-state index is 14.1. The van der Waals surface area contributed by atoms with E-state index in [2.05, 4.69) is 105 Å². The molecule has 3 fully saturated rings. The average molecular weight is 817 g/mol. The highest BCUT2D eigenvalue weighted by atomic mass is 16.5. The number of nitrogens with zero attached hydrogens (tertiary/aromatic N) is 4. The van der Waals surface area contributed by atoms with Gasteiger partial charge >= 0.3 is 12.2 Å². The summed E-state index contributed by atoms with van der Waals surface area (Å²) in [5, 5.41) is 7.50. The third-order valence-electron chi connectivity index (χ3n) is 12.2. The highest BCUT2D eigenvalue weighted by Gasteiger charge is 2.42. The van der Waals surface area contributed by atoms with E-state index in [4.69, 9.17) is 14.5 Å². The number of aromatic nitrogens is 4. The minimum Gasteiger partial charge on any atom is -0.453 e. The Hall–Kier alpha value is -6.22. The predicted molar refractivity (Wildman–Crippen MR) is 224 cm³/mol. The van der Waals surface area contributed by atoms with Gasteiger partial charge in [0.25, 0.3) is 0 Å². The summed E-state index contributed by atoms with van der Waals surface area (Å²) >= 11 is 0. The predicted octanol–water partition coefficient (Wildman–Crippen LogP) is 6.61. The highest BCUT2D eigenvalue weighted by molar-refractivity contribution is 5.91. The number of hydrogen-bond donors (Lipinski definition) is 4. The van der Waals surface area contributed by atoms with E-state index in [0.717, 1.165) is 68.9 Å². The van der Waals surface area contributed by atoms with Crippen LogP contribution < -0.4 is 10.6 Å². The topological polar surface area (TPSA) is 184 Å². The van der Waals surface area contributed by atoms with E-state index in [9.17, 15) is 19.2 Å². The molecule has 314 valence electrons. The van der Waals surface area contributed by atoms with Gasteiger partial charge in [-0.15, -0.1) is 0 Å². The lowest BCUT2D eigenvalue weighted by Gasteiger charge is -2.34. The zero-order chi connectivity index (χ0) is 41.9. The number of alkyl carbamates (subject to hydrolysis) is 2. The molecule has 3 saturated heterocycles. The van der Waals surface area contributed by atoms with Gasteiger partial charge in [0.2, 0.25) is 11.8 Å². The molecule has 3 aromatic carbocycles. The number of ether oxygens (including phenoxy) is 3. The van der Waals surface area contributed by atoms with Gasteiger partial charge in [-0.05, 0) is 83.0 Å². The largest absolute Gasteiger partial charge is 0.453 e. The maximum absolute atomic E-state index is 14.1. The Morgan fingerprint density at radius 2 is 1.27 bits per heavy atom. The summed E-state index contributed by atoms with van der Waals surface area (Å²) in [6, 6.07) is 20.0. The van der Waals surface area contributed by atoms with Crippen LogP contribution in [0.2, 0.25) is 0 Å². The van der Waals surface area contributed by atoms with Gasteiger partial charge in [-0.1, -0.05) is 62.4 Å². The second-order valence-electron chi connectivity index (χ2n) is 16.4. The third kappa shape index (κ3) is 8.58. The first-order valence-electron chi connectivity index (χ1n) is 20.7. The van der Waals surface area contributed by atoms with Gasteiger partial charge in [-0.2, -0.15) is 0 Å². The fourth-order valence-electron chi connectivity index (χ4n) is 8.99. The minimum absolute atomic E-state index is 0.0357. The van der Waals surface area contributed by atoms with E-state index < -0.39 is 18.2 Å². The van der Waals surface area contributed by atoms with Crippen LogP contribution in [-0.4, -0.2) is 107 Å². The Bertz CT molecular complexity index is 2350. The smallest absolute Gasteiger partial charge is 0.407 e. The lowest BCUT2D eigenvalue weighted by Crippen LogP contribution is -2.53. The van der Waals surface area contributed by atoms with Crippen LogP contribution in [-0.2, 0) is 23.8 Å². The molecule has 4 amide bonds. The SMILES string of the molecule is COC(=O)NCC(=O)N1C[C@@H](C)C[C@H]1c1ncc(-c2ccc(-c3ccc4cc(-c5cnc([C@@H]6C[C@H](C)CN6C(=O)[C@@H](NC(=O)OC)C6CCOCC6)[nH]5)ccc4c3)cc2)[nH]1. The fraction of sp³-hybridized carbons (Fsp3) is 0.422. The molecule has 0 aliphatic carbocycles. The van der Waals surface area contributed by atoms with Crippen molar-refractivity contribution in [2.45, 2.75) is 57.7 Å². The monoisotopic (exact) mass is 816 g/mol. The molecule has 5 atom stereocenters. The summed E-state index contributed by atoms with van der Waals surface area (Å²) in [5.74, 6) is 1.69. The number of carbonyl (C=O) groups is 4. The van der Waals surface area contributed by atoms with E-state index in [1.165, 1.54) is 14.2 Å². The lowest BCUT2D eigenvalue weighted by atomic mass is 9.90. The van der Waals surface area contributed by atoms with Gasteiger partial charge in [-0.25, -0.2) is 19.6 Å². The van der Waals surface area contributed by atoms with Gasteiger partial charge in [0.05, 0.1) is 50.1 Å². The van der Waals surface area contributed by atoms with Gasteiger partial charge in [0.15, 0.2) is 0 Å². The Balaban J connectivity index is 0.946. The van der Waals surface area contributed by atoms with Crippen LogP contribution in [0.25, 0.3) is 44.4 Å². The number of methoxy groups -OCH3 is 2. The molecular weight excluding hydrogens is 765 g/mol. The minimum atomic E-state index is -0.695. The number of carbonyl (C=O) groups excluding carboxylic acids is 4. The molecule has 0 spiro atoms. The van der Waals surface area contributed by atoms with Gasteiger partial charge in [0.1, 0.15) is 24.2 Å². The van der Waals surface area contributed by atoms with Gasteiger partial charge in [-0.3, -0.25) is 9.59 Å². The van der Waals surface area contributed by atoms with Crippen molar-refractivity contribution in [3.8, 4) is 33.6 Å². The molecule has 0 unspecified atom stereocenters. The Morgan fingerprint density at radius 3 is 1.90 bits per heavy atom. The van der Waals surface area contributed by atoms with Crippen molar-refractivity contribution in [1.29, 1.82) is 0 Å². The molecular formula is C45H52N8O7. The molecule has 3 aliphatic rings. The summed E-state index contributed by atoms with van der Waals surface area (Å²) < 4.78 is 15.0. The number of rotatable bonds is 10. The number of imidazole rings is 2. The molecule has 8 rings (SSSR count). The zero-order valence-corrected chi connectivity index (χ0v) is 34.4. The van der Waals surface area contributed by atoms with Crippen molar-refractivity contribution in [2.24, 2.45) is 17.8 Å². The Labute approximate surface area is 348 Å². The molecule has 5 heterocycles. The van der Waals surface area contributed by atoms with Crippen molar-refractivity contribution in [2.75, 3.05) is 47.1 Å². The normalized spacial score (nSPS) is 21.2. The van der Waals surface area contributed by atoms with Crippen LogP contribution in [0, 0.1) is 17.8 Å².